The van der Waals surface area contributed by atoms with Gasteiger partial charge in [-0.3, -0.25) is 9.78 Å². The van der Waals surface area contributed by atoms with Crippen molar-refractivity contribution in [2.75, 3.05) is 5.73 Å². The van der Waals surface area contributed by atoms with E-state index in [1.165, 1.54) is 6.20 Å². The van der Waals surface area contributed by atoms with Gasteiger partial charge in [-0.15, -0.1) is 0 Å². The van der Waals surface area contributed by atoms with Gasteiger partial charge >= 0.3 is 0 Å². The number of nitrogens with two attached hydrogens (primary N) is 1. The Labute approximate surface area is 106 Å². The van der Waals surface area contributed by atoms with E-state index in [1.54, 1.807) is 18.2 Å². The van der Waals surface area contributed by atoms with Crippen LogP contribution < -0.4 is 5.73 Å². The highest BCUT2D eigenvalue weighted by Gasteiger charge is 2.11. The van der Waals surface area contributed by atoms with Gasteiger partial charge in [0.05, 0.1) is 6.20 Å². The molecule has 2 N–H and O–H groups in total. The second kappa shape index (κ2) is 4.63. The van der Waals surface area contributed by atoms with Gasteiger partial charge in [-0.25, -0.2) is 4.39 Å². The number of nitrogen functional groups attached to an aromatic ring is 1. The minimum absolute atomic E-state index is 0.210. The zero-order valence-electron chi connectivity index (χ0n) is 8.65. The van der Waals surface area contributed by atoms with E-state index in [2.05, 4.69) is 20.9 Å². The number of hydrogen-bond donors (Lipinski definition) is 1. The van der Waals surface area contributed by atoms with Gasteiger partial charge in [0.1, 0.15) is 5.82 Å². The molecule has 0 saturated carbocycles. The van der Waals surface area contributed by atoms with Crippen LogP contribution in [0, 0.1) is 5.82 Å². The van der Waals surface area contributed by atoms with Gasteiger partial charge in [0.15, 0.2) is 5.78 Å². The molecule has 0 unspecified atom stereocenters. The summed E-state index contributed by atoms with van der Waals surface area (Å²) in [4.78, 5) is 15.6. The minimum Gasteiger partial charge on any atom is -0.398 e. The Balaban J connectivity index is 2.40. The molecule has 0 aliphatic rings. The number of halogens is 2. The molecule has 0 amide bonds. The maximum atomic E-state index is 12.9. The fraction of sp³-hybridized carbons (Fsp3) is 0. The third-order valence-corrected chi connectivity index (χ3v) is 2.92. The first kappa shape index (κ1) is 11.7. The molecule has 5 heteroatoms. The molecule has 0 bridgehead atoms. The Kier molecular flexibility index (Phi) is 3.19. The third-order valence-electron chi connectivity index (χ3n) is 2.23. The van der Waals surface area contributed by atoms with E-state index in [9.17, 15) is 9.18 Å². The van der Waals surface area contributed by atoms with Crippen molar-refractivity contribution in [3.05, 3.63) is 58.1 Å². The van der Waals surface area contributed by atoms with Crippen molar-refractivity contribution in [3.8, 4) is 0 Å². The monoisotopic (exact) mass is 294 g/mol. The molecule has 0 atom stereocenters. The Bertz CT molecular complexity index is 586. The van der Waals surface area contributed by atoms with Crippen molar-refractivity contribution in [2.24, 2.45) is 0 Å². The first-order valence-electron chi connectivity index (χ1n) is 4.78. The summed E-state index contributed by atoms with van der Waals surface area (Å²) in [6, 6.07) is 5.96. The number of rotatable bonds is 2. The molecule has 0 radical (unpaired) electrons. The van der Waals surface area contributed by atoms with E-state index in [4.69, 9.17) is 5.73 Å². The van der Waals surface area contributed by atoms with Gasteiger partial charge in [0.25, 0.3) is 0 Å². The highest BCUT2D eigenvalue weighted by atomic mass is 79.9. The largest absolute Gasteiger partial charge is 0.398 e. The van der Waals surface area contributed by atoms with Crippen molar-refractivity contribution in [3.63, 3.8) is 0 Å². The van der Waals surface area contributed by atoms with E-state index < -0.39 is 5.82 Å². The molecule has 0 fully saturated rings. The molecule has 86 valence electrons. The molecular weight excluding hydrogens is 287 g/mol. The SMILES string of the molecule is Nc1ccc(C(=O)c2cncc(F)c2)cc1Br. The number of ketones is 1. The fourth-order valence-electron chi connectivity index (χ4n) is 1.37. The van der Waals surface area contributed by atoms with Crippen molar-refractivity contribution < 1.29 is 9.18 Å². The minimum atomic E-state index is -0.537. The lowest BCUT2D eigenvalue weighted by Crippen LogP contribution is -2.03. The van der Waals surface area contributed by atoms with Crippen LogP contribution in [0.4, 0.5) is 10.1 Å². The Morgan fingerprint density at radius 3 is 2.65 bits per heavy atom. The normalized spacial score (nSPS) is 10.2. The Morgan fingerprint density at radius 1 is 1.24 bits per heavy atom. The summed E-state index contributed by atoms with van der Waals surface area (Å²) in [7, 11) is 0. The van der Waals surface area contributed by atoms with Crippen molar-refractivity contribution >= 4 is 27.4 Å². The lowest BCUT2D eigenvalue weighted by molar-refractivity contribution is 0.103. The summed E-state index contributed by atoms with van der Waals surface area (Å²) in [5.41, 5.74) is 6.80. The van der Waals surface area contributed by atoms with Crippen LogP contribution in [0.5, 0.6) is 0 Å². The zero-order valence-corrected chi connectivity index (χ0v) is 10.2. The van der Waals surface area contributed by atoms with Crippen LogP contribution in [0.15, 0.2) is 41.1 Å². The molecule has 17 heavy (non-hydrogen) atoms. The standard InChI is InChI=1S/C12H8BrFN2O/c13-10-4-7(1-2-11(10)15)12(17)8-3-9(14)6-16-5-8/h1-6H,15H2. The van der Waals surface area contributed by atoms with Gasteiger partial charge in [0, 0.05) is 27.5 Å². The fourth-order valence-corrected chi connectivity index (χ4v) is 1.75. The predicted molar refractivity (Wildman–Crippen MR) is 66.2 cm³/mol. The summed E-state index contributed by atoms with van der Waals surface area (Å²) in [5, 5.41) is 0. The van der Waals surface area contributed by atoms with Gasteiger partial charge in [-0.2, -0.15) is 0 Å². The summed E-state index contributed by atoms with van der Waals surface area (Å²) in [6.07, 6.45) is 2.38. The second-order valence-electron chi connectivity index (χ2n) is 3.46. The first-order chi connectivity index (χ1) is 8.08. The highest BCUT2D eigenvalue weighted by Crippen LogP contribution is 2.22. The quantitative estimate of drug-likeness (QED) is 0.684. The molecule has 1 heterocycles. The van der Waals surface area contributed by atoms with Crippen LogP contribution in [0.2, 0.25) is 0 Å². The van der Waals surface area contributed by atoms with E-state index in [0.29, 0.717) is 15.7 Å². The molecule has 0 aliphatic heterocycles. The van der Waals surface area contributed by atoms with Crippen LogP contribution in [0.1, 0.15) is 15.9 Å². The second-order valence-corrected chi connectivity index (χ2v) is 4.31. The summed E-state index contributed by atoms with van der Waals surface area (Å²) in [5.74, 6) is -0.830. The maximum Gasteiger partial charge on any atom is 0.194 e. The van der Waals surface area contributed by atoms with Gasteiger partial charge in [-0.1, -0.05) is 0 Å². The molecule has 0 saturated heterocycles. The average Bonchev–Trinajstić information content (AvgIpc) is 2.32. The molecule has 0 spiro atoms. The molecular formula is C12H8BrFN2O. The number of anilines is 1. The van der Waals surface area contributed by atoms with Crippen LogP contribution in [0.3, 0.4) is 0 Å². The molecule has 1 aromatic heterocycles. The van der Waals surface area contributed by atoms with E-state index in [0.717, 1.165) is 12.3 Å². The van der Waals surface area contributed by atoms with E-state index >= 15 is 0 Å². The third kappa shape index (κ3) is 2.50. The lowest BCUT2D eigenvalue weighted by Gasteiger charge is -2.03. The van der Waals surface area contributed by atoms with Gasteiger partial charge in [0.2, 0.25) is 0 Å². The van der Waals surface area contributed by atoms with Crippen LogP contribution in [-0.4, -0.2) is 10.8 Å². The van der Waals surface area contributed by atoms with Crippen molar-refractivity contribution in [2.45, 2.75) is 0 Å². The number of carbonyl (C=O) groups is 1. The van der Waals surface area contributed by atoms with Crippen molar-refractivity contribution in [1.82, 2.24) is 4.98 Å². The van der Waals surface area contributed by atoms with Crippen molar-refractivity contribution in [1.29, 1.82) is 0 Å². The first-order valence-corrected chi connectivity index (χ1v) is 5.57. The number of benzene rings is 1. The van der Waals surface area contributed by atoms with Gasteiger partial charge < -0.3 is 5.73 Å². The topological polar surface area (TPSA) is 56.0 Å². The van der Waals surface area contributed by atoms with Crippen LogP contribution in [0.25, 0.3) is 0 Å². The molecule has 3 nitrogen and oxygen atoms in total. The Hall–Kier alpha value is -1.75. The van der Waals surface area contributed by atoms with Crippen LogP contribution in [-0.2, 0) is 0 Å². The van der Waals surface area contributed by atoms with Crippen LogP contribution >= 0.6 is 15.9 Å². The number of carbonyl (C=O) groups excluding carboxylic acids is 1. The summed E-state index contributed by atoms with van der Waals surface area (Å²) < 4.78 is 13.6. The smallest absolute Gasteiger partial charge is 0.194 e. The molecule has 2 rings (SSSR count). The molecule has 0 aliphatic carbocycles. The highest BCUT2D eigenvalue weighted by molar-refractivity contribution is 9.10. The zero-order chi connectivity index (χ0) is 12.4. The number of hydrogen-bond acceptors (Lipinski definition) is 3. The van der Waals surface area contributed by atoms with Gasteiger partial charge in [-0.05, 0) is 40.2 Å². The maximum absolute atomic E-state index is 12.9. The summed E-state index contributed by atoms with van der Waals surface area (Å²) in [6.45, 7) is 0. The number of aromatic nitrogens is 1. The predicted octanol–water partition coefficient (Wildman–Crippen LogP) is 2.80. The van der Waals surface area contributed by atoms with E-state index in [-0.39, 0.29) is 11.3 Å². The Morgan fingerprint density at radius 2 is 2.00 bits per heavy atom. The average molecular weight is 295 g/mol. The van der Waals surface area contributed by atoms with E-state index in [1.807, 2.05) is 0 Å². The molecule has 2 aromatic rings. The number of pyridine rings is 1. The summed E-state index contributed by atoms with van der Waals surface area (Å²) >= 11 is 3.23. The number of nitrogens with zero attached hydrogens (tertiary/aromatic N) is 1. The molecule has 1 aromatic carbocycles. The lowest BCUT2D eigenvalue weighted by atomic mass is 10.0.